The maximum absolute atomic E-state index is 11.8. The molecule has 0 bridgehead atoms. The molecular formula is C13H16N2O4S. The second-order valence-corrected chi connectivity index (χ2v) is 5.70. The van der Waals surface area contributed by atoms with Crippen LogP contribution in [0, 0.1) is 0 Å². The van der Waals surface area contributed by atoms with E-state index in [1.54, 1.807) is 11.8 Å². The molecule has 108 valence electrons. The Balaban J connectivity index is 1.95. The van der Waals surface area contributed by atoms with Crippen molar-refractivity contribution < 1.29 is 19.8 Å². The third kappa shape index (κ3) is 3.80. The van der Waals surface area contributed by atoms with E-state index in [1.807, 2.05) is 0 Å². The number of carbonyl (C=O) groups excluding carboxylic acids is 1. The number of aromatic hydroxyl groups is 1. The van der Waals surface area contributed by atoms with E-state index >= 15 is 0 Å². The number of carboxylic acid groups (broad SMARTS) is 1. The van der Waals surface area contributed by atoms with Gasteiger partial charge in [0.05, 0.1) is 11.3 Å². The zero-order chi connectivity index (χ0) is 14.5. The van der Waals surface area contributed by atoms with Gasteiger partial charge in [-0.05, 0) is 36.8 Å². The molecule has 1 unspecified atom stereocenters. The van der Waals surface area contributed by atoms with E-state index in [1.165, 1.54) is 12.1 Å². The van der Waals surface area contributed by atoms with Gasteiger partial charge in [-0.1, -0.05) is 0 Å². The number of thioether (sulfide) groups is 1. The van der Waals surface area contributed by atoms with Crippen LogP contribution < -0.4 is 10.6 Å². The summed E-state index contributed by atoms with van der Waals surface area (Å²) in [4.78, 5) is 22.5. The Labute approximate surface area is 120 Å². The predicted molar refractivity (Wildman–Crippen MR) is 77.6 cm³/mol. The standard InChI is InChI=1S/C13H16N2O4S/c16-11-6-8(12(17)18)3-4-10(11)15-13(19)14-9-2-1-5-20-7-9/h3-4,6,9,16H,1-2,5,7H2,(H,17,18)(H2,14,15,19). The molecule has 2 amide bonds. The number of carbonyl (C=O) groups is 2. The molecule has 1 aromatic carbocycles. The number of phenolic OH excluding ortho intramolecular Hbond substituents is 1. The molecule has 0 radical (unpaired) electrons. The van der Waals surface area contributed by atoms with Crippen molar-refractivity contribution in [2.24, 2.45) is 0 Å². The van der Waals surface area contributed by atoms with E-state index in [2.05, 4.69) is 10.6 Å². The number of aromatic carboxylic acids is 1. The first-order valence-electron chi connectivity index (χ1n) is 6.28. The third-order valence-corrected chi connectivity index (χ3v) is 4.20. The molecule has 0 aromatic heterocycles. The molecule has 2 rings (SSSR count). The molecule has 1 heterocycles. The van der Waals surface area contributed by atoms with Crippen molar-refractivity contribution in [1.82, 2.24) is 5.32 Å². The largest absolute Gasteiger partial charge is 0.506 e. The van der Waals surface area contributed by atoms with Gasteiger partial charge < -0.3 is 20.8 Å². The fraction of sp³-hybridized carbons (Fsp3) is 0.385. The Morgan fingerprint density at radius 1 is 1.35 bits per heavy atom. The molecule has 7 heteroatoms. The zero-order valence-electron chi connectivity index (χ0n) is 10.8. The van der Waals surface area contributed by atoms with Gasteiger partial charge in [0, 0.05) is 11.8 Å². The highest BCUT2D eigenvalue weighted by molar-refractivity contribution is 7.99. The van der Waals surface area contributed by atoms with E-state index in [9.17, 15) is 14.7 Å². The van der Waals surface area contributed by atoms with Crippen molar-refractivity contribution in [3.8, 4) is 5.75 Å². The minimum atomic E-state index is -1.13. The lowest BCUT2D eigenvalue weighted by Gasteiger charge is -2.22. The number of hydrogen-bond acceptors (Lipinski definition) is 4. The highest BCUT2D eigenvalue weighted by Gasteiger charge is 2.17. The van der Waals surface area contributed by atoms with Crippen molar-refractivity contribution >= 4 is 29.4 Å². The number of hydrogen-bond donors (Lipinski definition) is 4. The Morgan fingerprint density at radius 2 is 2.15 bits per heavy atom. The van der Waals surface area contributed by atoms with Crippen molar-refractivity contribution in [2.75, 3.05) is 16.8 Å². The molecule has 0 aliphatic carbocycles. The molecule has 0 saturated carbocycles. The fourth-order valence-electron chi connectivity index (χ4n) is 1.97. The van der Waals surface area contributed by atoms with Gasteiger partial charge in [0.2, 0.25) is 0 Å². The summed E-state index contributed by atoms with van der Waals surface area (Å²) in [6, 6.07) is 3.54. The number of benzene rings is 1. The molecule has 1 aliphatic heterocycles. The molecule has 1 fully saturated rings. The fourth-order valence-corrected chi connectivity index (χ4v) is 3.04. The van der Waals surface area contributed by atoms with Crippen LogP contribution in [-0.2, 0) is 0 Å². The number of rotatable bonds is 3. The van der Waals surface area contributed by atoms with Gasteiger partial charge >= 0.3 is 12.0 Å². The van der Waals surface area contributed by atoms with E-state index in [-0.39, 0.29) is 23.0 Å². The summed E-state index contributed by atoms with van der Waals surface area (Å²) >= 11 is 1.80. The maximum atomic E-state index is 11.8. The van der Waals surface area contributed by atoms with Crippen LogP contribution in [-0.4, -0.2) is 39.8 Å². The van der Waals surface area contributed by atoms with Gasteiger partial charge in [0.25, 0.3) is 0 Å². The summed E-state index contributed by atoms with van der Waals surface area (Å²) in [5.41, 5.74) is 0.160. The first kappa shape index (κ1) is 14.5. The number of urea groups is 1. The van der Waals surface area contributed by atoms with Gasteiger partial charge in [0.1, 0.15) is 5.75 Å². The van der Waals surface area contributed by atoms with Crippen molar-refractivity contribution in [3.05, 3.63) is 23.8 Å². The second kappa shape index (κ2) is 6.51. The molecule has 1 atom stereocenters. The Hall–Kier alpha value is -1.89. The number of carboxylic acids is 1. The quantitative estimate of drug-likeness (QED) is 0.640. The Bertz CT molecular complexity index is 515. The smallest absolute Gasteiger partial charge is 0.335 e. The van der Waals surface area contributed by atoms with Crippen molar-refractivity contribution in [3.63, 3.8) is 0 Å². The van der Waals surface area contributed by atoms with Crippen LogP contribution in [0.4, 0.5) is 10.5 Å². The van der Waals surface area contributed by atoms with Crippen LogP contribution in [0.15, 0.2) is 18.2 Å². The van der Waals surface area contributed by atoms with Gasteiger partial charge in [-0.2, -0.15) is 11.8 Å². The summed E-state index contributed by atoms with van der Waals surface area (Å²) < 4.78 is 0. The van der Waals surface area contributed by atoms with Gasteiger partial charge in [-0.15, -0.1) is 0 Å². The van der Waals surface area contributed by atoms with Crippen molar-refractivity contribution in [1.29, 1.82) is 0 Å². The summed E-state index contributed by atoms with van der Waals surface area (Å²) in [6.07, 6.45) is 2.03. The minimum Gasteiger partial charge on any atom is -0.506 e. The van der Waals surface area contributed by atoms with Crippen LogP contribution in [0.25, 0.3) is 0 Å². The minimum absolute atomic E-state index is 0.0304. The molecule has 0 spiro atoms. The lowest BCUT2D eigenvalue weighted by molar-refractivity contribution is 0.0696. The van der Waals surface area contributed by atoms with Gasteiger partial charge in [-0.25, -0.2) is 9.59 Å². The van der Waals surface area contributed by atoms with Crippen molar-refractivity contribution in [2.45, 2.75) is 18.9 Å². The SMILES string of the molecule is O=C(Nc1ccc(C(=O)O)cc1O)NC1CCCSC1. The van der Waals surface area contributed by atoms with Gasteiger partial charge in [-0.3, -0.25) is 0 Å². The molecule has 1 aromatic rings. The summed E-state index contributed by atoms with van der Waals surface area (Å²) in [5.74, 6) is 0.614. The van der Waals surface area contributed by atoms with Crippen LogP contribution in [0.5, 0.6) is 5.75 Å². The zero-order valence-corrected chi connectivity index (χ0v) is 11.6. The highest BCUT2D eigenvalue weighted by Crippen LogP contribution is 2.24. The molecule has 6 nitrogen and oxygen atoms in total. The number of nitrogens with one attached hydrogen (secondary N) is 2. The molecule has 1 saturated heterocycles. The van der Waals surface area contributed by atoms with Crippen LogP contribution >= 0.6 is 11.8 Å². The third-order valence-electron chi connectivity index (χ3n) is 2.99. The first-order chi connectivity index (χ1) is 9.56. The summed E-state index contributed by atoms with van der Waals surface area (Å²) in [7, 11) is 0. The monoisotopic (exact) mass is 296 g/mol. The van der Waals surface area contributed by atoms with E-state index in [4.69, 9.17) is 5.11 Å². The van der Waals surface area contributed by atoms with Gasteiger partial charge in [0.15, 0.2) is 0 Å². The lowest BCUT2D eigenvalue weighted by Crippen LogP contribution is -2.40. The normalized spacial score (nSPS) is 18.3. The van der Waals surface area contributed by atoms with E-state index in [0.29, 0.717) is 0 Å². The number of amides is 2. The molecular weight excluding hydrogens is 280 g/mol. The summed E-state index contributed by atoms with van der Waals surface area (Å²) in [5, 5.41) is 23.8. The maximum Gasteiger partial charge on any atom is 0.335 e. The summed E-state index contributed by atoms with van der Waals surface area (Å²) in [6.45, 7) is 0. The molecule has 4 N–H and O–H groups in total. The van der Waals surface area contributed by atoms with Crippen LogP contribution in [0.3, 0.4) is 0 Å². The van der Waals surface area contributed by atoms with Crippen LogP contribution in [0.2, 0.25) is 0 Å². The lowest BCUT2D eigenvalue weighted by atomic mass is 10.2. The molecule has 20 heavy (non-hydrogen) atoms. The predicted octanol–water partition coefficient (Wildman–Crippen LogP) is 2.11. The highest BCUT2D eigenvalue weighted by atomic mass is 32.2. The number of phenols is 1. The second-order valence-electron chi connectivity index (χ2n) is 4.55. The van der Waals surface area contributed by atoms with E-state index in [0.717, 1.165) is 30.4 Å². The number of anilines is 1. The van der Waals surface area contributed by atoms with Crippen LogP contribution in [0.1, 0.15) is 23.2 Å². The average Bonchev–Trinajstić information content (AvgIpc) is 2.42. The molecule has 1 aliphatic rings. The average molecular weight is 296 g/mol. The van der Waals surface area contributed by atoms with E-state index < -0.39 is 12.0 Å². The first-order valence-corrected chi connectivity index (χ1v) is 7.43. The topological polar surface area (TPSA) is 98.7 Å². The Morgan fingerprint density at radius 3 is 2.75 bits per heavy atom. The Kier molecular flexibility index (Phi) is 4.73.